The van der Waals surface area contributed by atoms with E-state index < -0.39 is 0 Å². The van der Waals surface area contributed by atoms with Gasteiger partial charge in [0.2, 0.25) is 0 Å². The molecule has 0 amide bonds. The molecule has 0 aliphatic rings. The molecular formula is C15H18N2O. The molecule has 0 aliphatic heterocycles. The first-order valence-corrected chi connectivity index (χ1v) is 6.24. The minimum atomic E-state index is 0.166. The first kappa shape index (κ1) is 12.6. The van der Waals surface area contributed by atoms with E-state index in [4.69, 9.17) is 0 Å². The van der Waals surface area contributed by atoms with Gasteiger partial charge in [-0.25, -0.2) is 4.68 Å². The van der Waals surface area contributed by atoms with E-state index in [0.717, 1.165) is 23.4 Å². The van der Waals surface area contributed by atoms with Gasteiger partial charge in [0.25, 0.3) is 0 Å². The Balaban J connectivity index is 2.30. The van der Waals surface area contributed by atoms with Gasteiger partial charge in [-0.05, 0) is 38.0 Å². The van der Waals surface area contributed by atoms with Crippen LogP contribution < -0.4 is 0 Å². The van der Waals surface area contributed by atoms with Crippen LogP contribution in [0.5, 0.6) is 0 Å². The SMILES string of the molecule is CCc1ccc(-n2cc(CC(C)=O)c(C)n2)cc1. The summed E-state index contributed by atoms with van der Waals surface area (Å²) in [6.45, 7) is 5.68. The topological polar surface area (TPSA) is 34.9 Å². The fourth-order valence-corrected chi connectivity index (χ4v) is 1.95. The summed E-state index contributed by atoms with van der Waals surface area (Å²) >= 11 is 0. The van der Waals surface area contributed by atoms with E-state index in [1.807, 2.05) is 17.8 Å². The molecule has 0 fully saturated rings. The lowest BCUT2D eigenvalue weighted by Crippen LogP contribution is -1.96. The third-order valence-corrected chi connectivity index (χ3v) is 3.05. The van der Waals surface area contributed by atoms with Crippen LogP contribution in [-0.4, -0.2) is 15.6 Å². The molecule has 0 bridgehead atoms. The Morgan fingerprint density at radius 1 is 1.28 bits per heavy atom. The number of carbonyl (C=O) groups excluding carboxylic acids is 1. The average Bonchev–Trinajstić information content (AvgIpc) is 2.70. The minimum Gasteiger partial charge on any atom is -0.300 e. The number of aromatic nitrogens is 2. The van der Waals surface area contributed by atoms with Crippen molar-refractivity contribution in [2.75, 3.05) is 0 Å². The van der Waals surface area contributed by atoms with Crippen LogP contribution in [-0.2, 0) is 17.6 Å². The van der Waals surface area contributed by atoms with E-state index in [1.54, 1.807) is 6.92 Å². The zero-order valence-electron chi connectivity index (χ0n) is 11.1. The van der Waals surface area contributed by atoms with Gasteiger partial charge in [-0.1, -0.05) is 19.1 Å². The fraction of sp³-hybridized carbons (Fsp3) is 0.333. The van der Waals surface area contributed by atoms with Crippen LogP contribution in [0.4, 0.5) is 0 Å². The van der Waals surface area contributed by atoms with Gasteiger partial charge in [-0.3, -0.25) is 4.79 Å². The monoisotopic (exact) mass is 242 g/mol. The number of hydrogen-bond acceptors (Lipinski definition) is 2. The largest absolute Gasteiger partial charge is 0.300 e. The molecule has 0 radical (unpaired) electrons. The molecule has 0 atom stereocenters. The maximum atomic E-state index is 11.2. The third kappa shape index (κ3) is 2.67. The summed E-state index contributed by atoms with van der Waals surface area (Å²) in [5.41, 5.74) is 4.27. The summed E-state index contributed by atoms with van der Waals surface area (Å²) in [5, 5.41) is 4.45. The Hall–Kier alpha value is -1.90. The molecule has 1 aromatic heterocycles. The van der Waals surface area contributed by atoms with Crippen molar-refractivity contribution in [1.82, 2.24) is 9.78 Å². The molecule has 0 saturated carbocycles. The Bertz CT molecular complexity index is 552. The van der Waals surface area contributed by atoms with Gasteiger partial charge in [0, 0.05) is 18.2 Å². The Morgan fingerprint density at radius 3 is 2.50 bits per heavy atom. The van der Waals surface area contributed by atoms with Gasteiger partial charge in [-0.2, -0.15) is 5.10 Å². The highest BCUT2D eigenvalue weighted by atomic mass is 16.1. The summed E-state index contributed by atoms with van der Waals surface area (Å²) in [4.78, 5) is 11.2. The van der Waals surface area contributed by atoms with Crippen molar-refractivity contribution in [3.05, 3.63) is 47.3 Å². The molecule has 0 saturated heterocycles. The summed E-state index contributed by atoms with van der Waals surface area (Å²) in [5.74, 6) is 0.166. The molecule has 3 nitrogen and oxygen atoms in total. The highest BCUT2D eigenvalue weighted by Crippen LogP contribution is 2.14. The molecular weight excluding hydrogens is 224 g/mol. The number of nitrogens with zero attached hydrogens (tertiary/aromatic N) is 2. The second kappa shape index (κ2) is 5.17. The van der Waals surface area contributed by atoms with Crippen molar-refractivity contribution < 1.29 is 4.79 Å². The smallest absolute Gasteiger partial charge is 0.134 e. The Labute approximate surface area is 107 Å². The molecule has 94 valence electrons. The fourth-order valence-electron chi connectivity index (χ4n) is 1.95. The Kier molecular flexibility index (Phi) is 3.60. The summed E-state index contributed by atoms with van der Waals surface area (Å²) < 4.78 is 1.84. The van der Waals surface area contributed by atoms with Crippen molar-refractivity contribution in [1.29, 1.82) is 0 Å². The van der Waals surface area contributed by atoms with Gasteiger partial charge >= 0.3 is 0 Å². The number of rotatable bonds is 4. The zero-order valence-corrected chi connectivity index (χ0v) is 11.1. The maximum Gasteiger partial charge on any atom is 0.134 e. The molecule has 0 aliphatic carbocycles. The molecule has 18 heavy (non-hydrogen) atoms. The van der Waals surface area contributed by atoms with Gasteiger partial charge in [0.05, 0.1) is 11.4 Å². The third-order valence-electron chi connectivity index (χ3n) is 3.05. The lowest BCUT2D eigenvalue weighted by Gasteiger charge is -2.02. The lowest BCUT2D eigenvalue weighted by molar-refractivity contribution is -0.116. The van der Waals surface area contributed by atoms with Gasteiger partial charge in [0.1, 0.15) is 5.78 Å². The molecule has 0 unspecified atom stereocenters. The summed E-state index contributed by atoms with van der Waals surface area (Å²) in [7, 11) is 0. The number of benzene rings is 1. The molecule has 1 aromatic carbocycles. The van der Waals surface area contributed by atoms with Gasteiger partial charge in [0.15, 0.2) is 0 Å². The second-order valence-corrected chi connectivity index (χ2v) is 4.58. The second-order valence-electron chi connectivity index (χ2n) is 4.58. The van der Waals surface area contributed by atoms with E-state index >= 15 is 0 Å². The summed E-state index contributed by atoms with van der Waals surface area (Å²) in [6, 6.07) is 8.33. The van der Waals surface area contributed by atoms with Crippen LogP contribution >= 0.6 is 0 Å². The van der Waals surface area contributed by atoms with E-state index in [0.29, 0.717) is 6.42 Å². The van der Waals surface area contributed by atoms with Crippen LogP contribution in [0.25, 0.3) is 5.69 Å². The van der Waals surface area contributed by atoms with E-state index in [2.05, 4.69) is 36.3 Å². The van der Waals surface area contributed by atoms with Crippen molar-refractivity contribution in [3.8, 4) is 5.69 Å². The highest BCUT2D eigenvalue weighted by molar-refractivity contribution is 5.78. The molecule has 3 heteroatoms. The first-order chi connectivity index (χ1) is 8.60. The first-order valence-electron chi connectivity index (χ1n) is 6.24. The van der Waals surface area contributed by atoms with Crippen LogP contribution in [0.3, 0.4) is 0 Å². The Morgan fingerprint density at radius 2 is 1.94 bits per heavy atom. The zero-order chi connectivity index (χ0) is 13.1. The predicted molar refractivity (Wildman–Crippen MR) is 72.1 cm³/mol. The van der Waals surface area contributed by atoms with Gasteiger partial charge in [-0.15, -0.1) is 0 Å². The summed E-state index contributed by atoms with van der Waals surface area (Å²) in [6.07, 6.45) is 3.44. The molecule has 0 N–H and O–H groups in total. The predicted octanol–water partition coefficient (Wildman–Crippen LogP) is 2.87. The van der Waals surface area contributed by atoms with Crippen molar-refractivity contribution >= 4 is 5.78 Å². The molecule has 1 heterocycles. The lowest BCUT2D eigenvalue weighted by atomic mass is 10.1. The number of ketones is 1. The number of hydrogen-bond donors (Lipinski definition) is 0. The average molecular weight is 242 g/mol. The van der Waals surface area contributed by atoms with Crippen LogP contribution in [0.15, 0.2) is 30.5 Å². The van der Waals surface area contributed by atoms with Gasteiger partial charge < -0.3 is 0 Å². The van der Waals surface area contributed by atoms with Crippen LogP contribution in [0, 0.1) is 6.92 Å². The molecule has 2 aromatic rings. The van der Waals surface area contributed by atoms with Crippen LogP contribution in [0.1, 0.15) is 30.7 Å². The number of aryl methyl sites for hydroxylation is 2. The quantitative estimate of drug-likeness (QED) is 0.826. The minimum absolute atomic E-state index is 0.166. The molecule has 0 spiro atoms. The number of carbonyl (C=O) groups is 1. The van der Waals surface area contributed by atoms with Crippen LogP contribution in [0.2, 0.25) is 0 Å². The number of Topliss-reactive ketones (excluding diaryl/α,β-unsaturated/α-hetero) is 1. The van der Waals surface area contributed by atoms with Crippen molar-refractivity contribution in [3.63, 3.8) is 0 Å². The van der Waals surface area contributed by atoms with E-state index in [1.165, 1.54) is 5.56 Å². The van der Waals surface area contributed by atoms with Crippen molar-refractivity contribution in [2.45, 2.75) is 33.6 Å². The highest BCUT2D eigenvalue weighted by Gasteiger charge is 2.08. The maximum absolute atomic E-state index is 11.2. The van der Waals surface area contributed by atoms with E-state index in [9.17, 15) is 4.79 Å². The van der Waals surface area contributed by atoms with E-state index in [-0.39, 0.29) is 5.78 Å². The van der Waals surface area contributed by atoms with Crippen molar-refractivity contribution in [2.24, 2.45) is 0 Å². The standard InChI is InChI=1S/C15H18N2O/c1-4-13-5-7-15(8-6-13)17-10-14(9-11(2)18)12(3)16-17/h5-8,10H,4,9H2,1-3H3. The molecule has 2 rings (SSSR count). The normalized spacial score (nSPS) is 10.6.